The number of hydrogen-bond acceptors (Lipinski definition) is 2. The first-order chi connectivity index (χ1) is 11.4. The number of alkyl halides is 2. The fourth-order valence-corrected chi connectivity index (χ4v) is 2.62. The minimum Gasteiger partial charge on any atom is -0.506 e. The van der Waals surface area contributed by atoms with Gasteiger partial charge in [0.2, 0.25) is 6.17 Å². The Morgan fingerprint density at radius 3 is 1.68 bits per heavy atom. The Hall–Kier alpha value is -2.43. The average molecular weight is 374 g/mol. The summed E-state index contributed by atoms with van der Waals surface area (Å²) in [5, 5.41) is 14.7. The Morgan fingerprint density at radius 2 is 1.16 bits per heavy atom. The van der Waals surface area contributed by atoms with Crippen molar-refractivity contribution >= 4 is 16.6 Å². The summed E-state index contributed by atoms with van der Waals surface area (Å²) in [7, 11) is 0. The molecule has 0 aliphatic heterocycles. The molecule has 2 atom stereocenters. The van der Waals surface area contributed by atoms with Crippen molar-refractivity contribution in [3.05, 3.63) is 51.8 Å². The van der Waals surface area contributed by atoms with Crippen molar-refractivity contribution in [2.45, 2.75) is 12.0 Å². The van der Waals surface area contributed by atoms with Gasteiger partial charge in [0, 0.05) is 10.9 Å². The molecule has 1 aliphatic carbocycles. The molecule has 0 radical (unpaired) electrons. The Labute approximate surface area is 131 Å². The Kier molecular flexibility index (Phi) is 3.50. The van der Waals surface area contributed by atoms with Gasteiger partial charge in [0.05, 0.1) is 10.9 Å². The molecule has 2 N–H and O–H groups in total. The van der Waals surface area contributed by atoms with E-state index in [-0.39, 0.29) is 0 Å². The summed E-state index contributed by atoms with van der Waals surface area (Å²) in [5.74, 6) is -24.4. The maximum Gasteiger partial charge on any atom is 0.275 e. The lowest BCUT2D eigenvalue weighted by atomic mass is 9.85. The third kappa shape index (κ3) is 1.92. The number of benzene rings is 2. The fourth-order valence-electron chi connectivity index (χ4n) is 2.62. The largest absolute Gasteiger partial charge is 0.506 e. The summed E-state index contributed by atoms with van der Waals surface area (Å²) in [4.78, 5) is 0. The number of rotatable bonds is 0. The number of hydrogen-bond donors (Lipinski definition) is 2. The van der Waals surface area contributed by atoms with Crippen molar-refractivity contribution in [1.29, 1.82) is 0 Å². The van der Waals surface area contributed by atoms with E-state index in [1.165, 1.54) is 0 Å². The topological polar surface area (TPSA) is 40.5 Å². The lowest BCUT2D eigenvalue weighted by Crippen LogP contribution is -2.39. The first kappa shape index (κ1) is 17.4. The van der Waals surface area contributed by atoms with E-state index >= 15 is 0 Å². The van der Waals surface area contributed by atoms with Gasteiger partial charge in [0.15, 0.2) is 46.5 Å². The number of aliphatic hydroxyl groups is 2. The fraction of sp³-hybridized carbons (Fsp3) is 0.143. The van der Waals surface area contributed by atoms with Crippen LogP contribution in [-0.2, 0) is 5.85 Å². The first-order valence-corrected chi connectivity index (χ1v) is 6.25. The Balaban J connectivity index is 2.73. The molecule has 0 spiro atoms. The summed E-state index contributed by atoms with van der Waals surface area (Å²) in [6, 6.07) is 0. The standard InChI is InChI=1S/C14H3F9O2/c15-5-1-2-4(14(23,25)13(22)12(24)8(2)18)9(19)6(16)3(1)7(17)11(21)10(5)20/h13,24-25H. The van der Waals surface area contributed by atoms with Gasteiger partial charge in [-0.2, -0.15) is 0 Å². The van der Waals surface area contributed by atoms with Gasteiger partial charge in [-0.15, -0.1) is 0 Å². The maximum absolute atomic E-state index is 14.1. The van der Waals surface area contributed by atoms with Crippen molar-refractivity contribution in [2.24, 2.45) is 0 Å². The van der Waals surface area contributed by atoms with E-state index in [9.17, 15) is 44.6 Å². The quantitative estimate of drug-likeness (QED) is 0.409. The molecule has 0 aromatic heterocycles. The second-order valence-corrected chi connectivity index (χ2v) is 5.12. The van der Waals surface area contributed by atoms with Crippen molar-refractivity contribution in [1.82, 2.24) is 0 Å². The van der Waals surface area contributed by atoms with Crippen LogP contribution in [-0.4, -0.2) is 16.4 Å². The van der Waals surface area contributed by atoms with Gasteiger partial charge < -0.3 is 10.2 Å². The van der Waals surface area contributed by atoms with Crippen LogP contribution in [0.4, 0.5) is 39.5 Å². The zero-order valence-electron chi connectivity index (χ0n) is 11.4. The van der Waals surface area contributed by atoms with Crippen molar-refractivity contribution in [2.75, 3.05) is 0 Å². The molecule has 11 heteroatoms. The minimum atomic E-state index is -4.61. The van der Waals surface area contributed by atoms with Gasteiger partial charge in [0.25, 0.3) is 5.85 Å². The van der Waals surface area contributed by atoms with Crippen LogP contribution in [0.3, 0.4) is 0 Å². The van der Waals surface area contributed by atoms with E-state index in [0.717, 1.165) is 0 Å². The van der Waals surface area contributed by atoms with Crippen LogP contribution >= 0.6 is 0 Å². The van der Waals surface area contributed by atoms with Crippen LogP contribution in [0.1, 0.15) is 11.1 Å². The molecule has 0 saturated carbocycles. The van der Waals surface area contributed by atoms with E-state index in [1.54, 1.807) is 0 Å². The third-order valence-corrected chi connectivity index (χ3v) is 3.77. The lowest BCUT2D eigenvalue weighted by Gasteiger charge is -2.30. The van der Waals surface area contributed by atoms with Crippen molar-refractivity contribution in [3.63, 3.8) is 0 Å². The molecule has 3 rings (SSSR count). The Bertz CT molecular complexity index is 981. The monoisotopic (exact) mass is 374 g/mol. The molecule has 2 nitrogen and oxygen atoms in total. The molecule has 134 valence electrons. The van der Waals surface area contributed by atoms with Gasteiger partial charge in [-0.05, 0) is 0 Å². The lowest BCUT2D eigenvalue weighted by molar-refractivity contribution is -0.152. The molecule has 2 aromatic carbocycles. The van der Waals surface area contributed by atoms with E-state index in [4.69, 9.17) is 5.11 Å². The highest BCUT2D eigenvalue weighted by Crippen LogP contribution is 2.49. The second kappa shape index (κ2) is 5.04. The molecule has 1 aliphatic rings. The minimum absolute atomic E-state index is 1.86. The molecule has 25 heavy (non-hydrogen) atoms. The van der Waals surface area contributed by atoms with Gasteiger partial charge in [-0.25, -0.2) is 39.5 Å². The summed E-state index contributed by atoms with van der Waals surface area (Å²) in [6.45, 7) is 0. The zero-order chi connectivity index (χ0) is 19.0. The Morgan fingerprint density at radius 1 is 0.720 bits per heavy atom. The van der Waals surface area contributed by atoms with Crippen LogP contribution in [0.5, 0.6) is 0 Å². The average Bonchev–Trinajstić information content (AvgIpc) is 2.56. The molecular weight excluding hydrogens is 371 g/mol. The van der Waals surface area contributed by atoms with Gasteiger partial charge >= 0.3 is 0 Å². The molecule has 0 fully saturated rings. The second-order valence-electron chi connectivity index (χ2n) is 5.12. The van der Waals surface area contributed by atoms with Crippen LogP contribution < -0.4 is 0 Å². The van der Waals surface area contributed by atoms with Crippen molar-refractivity contribution in [3.8, 4) is 0 Å². The first-order valence-electron chi connectivity index (χ1n) is 6.25. The predicted molar refractivity (Wildman–Crippen MR) is 64.3 cm³/mol. The SMILES string of the molecule is OC1=C(F)c2c(c(F)c(F)c3c(F)c(F)c(F)c(F)c23)C(O)(F)C1F. The van der Waals surface area contributed by atoms with Crippen LogP contribution in [0, 0.1) is 34.9 Å². The van der Waals surface area contributed by atoms with Crippen LogP contribution in [0.2, 0.25) is 0 Å². The van der Waals surface area contributed by atoms with Gasteiger partial charge in [-0.1, -0.05) is 0 Å². The van der Waals surface area contributed by atoms with Gasteiger partial charge in [-0.3, -0.25) is 0 Å². The predicted octanol–water partition coefficient (Wildman–Crippen LogP) is 4.34. The summed E-state index contributed by atoms with van der Waals surface area (Å²) in [6.07, 6.45) is -3.65. The molecular formula is C14H3F9O2. The van der Waals surface area contributed by atoms with E-state index in [1.807, 2.05) is 0 Å². The highest BCUT2D eigenvalue weighted by Gasteiger charge is 2.53. The zero-order valence-corrected chi connectivity index (χ0v) is 11.4. The van der Waals surface area contributed by atoms with Crippen LogP contribution in [0.25, 0.3) is 16.6 Å². The van der Waals surface area contributed by atoms with E-state index in [2.05, 4.69) is 0 Å². The molecule has 2 unspecified atom stereocenters. The smallest absolute Gasteiger partial charge is 0.275 e. The van der Waals surface area contributed by atoms with Crippen LogP contribution in [0.15, 0.2) is 5.76 Å². The maximum atomic E-state index is 14.1. The number of aliphatic hydroxyl groups excluding tert-OH is 1. The highest BCUT2D eigenvalue weighted by atomic mass is 19.2. The third-order valence-electron chi connectivity index (χ3n) is 3.77. The molecule has 0 amide bonds. The van der Waals surface area contributed by atoms with Crippen molar-refractivity contribution < 1.29 is 49.7 Å². The molecule has 0 saturated heterocycles. The van der Waals surface area contributed by atoms with Gasteiger partial charge in [0.1, 0.15) is 0 Å². The molecule has 0 bridgehead atoms. The highest BCUT2D eigenvalue weighted by molar-refractivity contribution is 5.97. The number of halogens is 9. The summed E-state index contributed by atoms with van der Waals surface area (Å²) < 4.78 is 124. The van der Waals surface area contributed by atoms with E-state index < -0.39 is 80.4 Å². The molecule has 0 heterocycles. The number of fused-ring (bicyclic) bond motifs is 3. The normalized spacial score (nSPS) is 23.4. The van der Waals surface area contributed by atoms with E-state index in [0.29, 0.717) is 0 Å². The summed E-state index contributed by atoms with van der Waals surface area (Å²) >= 11 is 0. The summed E-state index contributed by atoms with van der Waals surface area (Å²) in [5.41, 5.74) is -4.06. The molecule has 2 aromatic rings.